The van der Waals surface area contributed by atoms with Crippen molar-refractivity contribution in [1.29, 1.82) is 0 Å². The number of allylic oxidation sites excluding steroid dienone is 3. The van der Waals surface area contributed by atoms with Crippen molar-refractivity contribution in [3.63, 3.8) is 0 Å². The lowest BCUT2D eigenvalue weighted by molar-refractivity contribution is 0.0927. The van der Waals surface area contributed by atoms with Crippen LogP contribution >= 0.6 is 11.3 Å². The monoisotopic (exact) mass is 538 g/mol. The number of aliphatic imine (C=N–C) groups is 2. The van der Waals surface area contributed by atoms with Crippen LogP contribution in [-0.2, 0) is 5.41 Å². The first-order chi connectivity index (χ1) is 18.4. The van der Waals surface area contributed by atoms with Gasteiger partial charge in [0.25, 0.3) is 5.91 Å². The SMILES string of the molecule is C\C=C(F)/C(=N\C(=C\CC)\N=C1/C=CC(C2CCN(C)CC2)NN1)c1cc2c(s1)C1(CCCC1)CNC2=O. The molecule has 1 saturated heterocycles. The van der Waals surface area contributed by atoms with Gasteiger partial charge in [-0.1, -0.05) is 25.8 Å². The highest BCUT2D eigenvalue weighted by atomic mass is 32.1. The molecule has 7 nitrogen and oxygen atoms in total. The molecule has 38 heavy (non-hydrogen) atoms. The van der Waals surface area contributed by atoms with Gasteiger partial charge in [-0.3, -0.25) is 4.79 Å². The lowest BCUT2D eigenvalue weighted by atomic mass is 9.80. The van der Waals surface area contributed by atoms with Crippen molar-refractivity contribution < 1.29 is 9.18 Å². The van der Waals surface area contributed by atoms with Crippen LogP contribution in [0.1, 0.15) is 78.9 Å². The summed E-state index contributed by atoms with van der Waals surface area (Å²) in [4.78, 5) is 26.3. The van der Waals surface area contributed by atoms with Gasteiger partial charge in [-0.25, -0.2) is 19.8 Å². The number of hydrogen-bond acceptors (Lipinski definition) is 6. The molecular weight excluding hydrogens is 499 g/mol. The molecule has 1 aromatic rings. The van der Waals surface area contributed by atoms with Gasteiger partial charge in [0.1, 0.15) is 17.4 Å². The van der Waals surface area contributed by atoms with E-state index in [0.717, 1.165) is 56.5 Å². The van der Waals surface area contributed by atoms with E-state index in [1.54, 1.807) is 6.92 Å². The first-order valence-corrected chi connectivity index (χ1v) is 14.7. The number of amidine groups is 1. The van der Waals surface area contributed by atoms with Crippen molar-refractivity contribution in [3.05, 3.63) is 57.3 Å². The average Bonchev–Trinajstić information content (AvgIpc) is 3.59. The topological polar surface area (TPSA) is 81.1 Å². The number of hydrazine groups is 1. The molecule has 1 spiro atoms. The van der Waals surface area contributed by atoms with Crippen LogP contribution in [0.4, 0.5) is 4.39 Å². The van der Waals surface area contributed by atoms with Crippen LogP contribution in [-0.4, -0.2) is 55.1 Å². The van der Waals surface area contributed by atoms with Crippen LogP contribution < -0.4 is 16.2 Å². The Morgan fingerprint density at radius 3 is 2.71 bits per heavy atom. The second-order valence-electron chi connectivity index (χ2n) is 10.9. The van der Waals surface area contributed by atoms with Crippen LogP contribution in [0.25, 0.3) is 0 Å². The van der Waals surface area contributed by atoms with Gasteiger partial charge in [0.15, 0.2) is 5.82 Å². The zero-order chi connectivity index (χ0) is 26.7. The fourth-order valence-corrected chi connectivity index (χ4v) is 7.41. The molecule has 1 aromatic heterocycles. The highest BCUT2D eigenvalue weighted by Gasteiger charge is 2.43. The number of carbonyl (C=O) groups is 1. The molecule has 3 aliphatic heterocycles. The normalized spacial score (nSPS) is 26.1. The molecule has 5 rings (SSSR count). The van der Waals surface area contributed by atoms with Crippen LogP contribution in [0, 0.1) is 5.92 Å². The number of rotatable bonds is 6. The van der Waals surface area contributed by atoms with Gasteiger partial charge in [-0.2, -0.15) is 0 Å². The Bertz CT molecular complexity index is 1200. The van der Waals surface area contributed by atoms with Gasteiger partial charge in [-0.15, -0.1) is 11.3 Å². The largest absolute Gasteiger partial charge is 0.351 e. The minimum absolute atomic E-state index is 0.0290. The Morgan fingerprint density at radius 1 is 1.29 bits per heavy atom. The summed E-state index contributed by atoms with van der Waals surface area (Å²) in [6, 6.07) is 2.08. The molecular formula is C29H39FN6OS. The lowest BCUT2D eigenvalue weighted by Crippen LogP contribution is -2.51. The highest BCUT2D eigenvalue weighted by Crippen LogP contribution is 2.47. The molecule has 2 fully saturated rings. The highest BCUT2D eigenvalue weighted by molar-refractivity contribution is 7.15. The number of nitrogens with one attached hydrogen (secondary N) is 3. The van der Waals surface area contributed by atoms with Crippen LogP contribution in [0.3, 0.4) is 0 Å². The smallest absolute Gasteiger partial charge is 0.252 e. The Kier molecular flexibility index (Phi) is 8.26. The van der Waals surface area contributed by atoms with Gasteiger partial charge in [0.05, 0.1) is 10.4 Å². The molecule has 0 radical (unpaired) electrons. The average molecular weight is 539 g/mol. The van der Waals surface area contributed by atoms with E-state index in [1.807, 2.05) is 25.1 Å². The summed E-state index contributed by atoms with van der Waals surface area (Å²) in [6.07, 6.45) is 14.9. The Balaban J connectivity index is 1.43. The van der Waals surface area contributed by atoms with E-state index in [4.69, 9.17) is 9.98 Å². The molecule has 1 atom stereocenters. The standard InChI is InChI=1S/C29H39FN6OS/c1-4-8-24(32-25-10-9-22(34-35-25)19-11-15-36(3)16-12-19)33-26(21(30)5-2)23-17-20-27(38-23)29(13-6-7-14-29)18-31-28(20)37/h5,8-10,17,19,22,34H,4,6-7,11-16,18H2,1-3H3,(H,31,37)(H,32,35)/b21-5+,24-8+,33-26+. The number of carbonyl (C=O) groups excluding carboxylic acids is 1. The molecule has 4 aliphatic rings. The molecule has 0 aromatic carbocycles. The van der Waals surface area contributed by atoms with Gasteiger partial charge in [0.2, 0.25) is 0 Å². The van der Waals surface area contributed by atoms with E-state index in [1.165, 1.54) is 17.4 Å². The van der Waals surface area contributed by atoms with Crippen molar-refractivity contribution in [2.24, 2.45) is 15.9 Å². The number of fused-ring (bicyclic) bond motifs is 2. The molecule has 1 amide bonds. The van der Waals surface area contributed by atoms with Crippen LogP contribution in [0.5, 0.6) is 0 Å². The number of piperidine rings is 1. The Hall–Kier alpha value is -2.62. The van der Waals surface area contributed by atoms with Crippen LogP contribution in [0.2, 0.25) is 0 Å². The van der Waals surface area contributed by atoms with Crippen molar-refractivity contribution in [2.75, 3.05) is 26.7 Å². The minimum atomic E-state index is -0.417. The number of likely N-dealkylation sites (tertiary alicyclic amines) is 1. The first kappa shape index (κ1) is 27.0. The van der Waals surface area contributed by atoms with Crippen molar-refractivity contribution in [3.8, 4) is 0 Å². The van der Waals surface area contributed by atoms with E-state index in [0.29, 0.717) is 41.0 Å². The van der Waals surface area contributed by atoms with Gasteiger partial charge in [-0.05, 0) is 89.4 Å². The van der Waals surface area contributed by atoms with Crippen molar-refractivity contribution in [2.45, 2.75) is 70.3 Å². The van der Waals surface area contributed by atoms with Gasteiger partial charge in [0, 0.05) is 22.9 Å². The fourth-order valence-electron chi connectivity index (χ4n) is 6.02. The number of amides is 1. The summed E-state index contributed by atoms with van der Waals surface area (Å²) in [5, 5.41) is 3.07. The zero-order valence-electron chi connectivity index (χ0n) is 22.6. The van der Waals surface area contributed by atoms with Gasteiger partial charge >= 0.3 is 0 Å². The fraction of sp³-hybridized carbons (Fsp3) is 0.552. The second-order valence-corrected chi connectivity index (χ2v) is 11.9. The molecule has 9 heteroatoms. The third kappa shape index (κ3) is 5.55. The number of thiophene rings is 1. The van der Waals surface area contributed by atoms with E-state index < -0.39 is 5.83 Å². The number of hydrogen-bond donors (Lipinski definition) is 3. The molecule has 1 aliphatic carbocycles. The molecule has 4 heterocycles. The van der Waals surface area contributed by atoms with Gasteiger partial charge < -0.3 is 15.6 Å². The summed E-state index contributed by atoms with van der Waals surface area (Å²) in [5.41, 5.74) is 7.50. The number of halogens is 1. The second kappa shape index (κ2) is 11.6. The number of nitrogens with zero attached hydrogens (tertiary/aromatic N) is 3. The maximum atomic E-state index is 15.3. The predicted octanol–water partition coefficient (Wildman–Crippen LogP) is 4.99. The third-order valence-corrected chi connectivity index (χ3v) is 9.66. The minimum Gasteiger partial charge on any atom is -0.351 e. The Labute approximate surface area is 229 Å². The lowest BCUT2D eigenvalue weighted by Gasteiger charge is -2.35. The van der Waals surface area contributed by atoms with E-state index in [-0.39, 0.29) is 23.1 Å². The molecule has 1 saturated carbocycles. The van der Waals surface area contributed by atoms with Crippen molar-refractivity contribution >= 4 is 28.8 Å². The zero-order valence-corrected chi connectivity index (χ0v) is 23.5. The summed E-state index contributed by atoms with van der Waals surface area (Å²) >= 11 is 1.52. The summed E-state index contributed by atoms with van der Waals surface area (Å²) in [6.45, 7) is 6.57. The summed E-state index contributed by atoms with van der Waals surface area (Å²) in [5.74, 6) is 1.18. The maximum absolute atomic E-state index is 15.3. The Morgan fingerprint density at radius 2 is 2.05 bits per heavy atom. The molecule has 3 N–H and O–H groups in total. The van der Waals surface area contributed by atoms with E-state index >= 15 is 4.39 Å². The molecule has 0 bridgehead atoms. The van der Waals surface area contributed by atoms with Crippen LogP contribution in [0.15, 0.2) is 52.0 Å². The van der Waals surface area contributed by atoms with E-state index in [2.05, 4.69) is 34.2 Å². The van der Waals surface area contributed by atoms with E-state index in [9.17, 15) is 4.79 Å². The quantitative estimate of drug-likeness (QED) is 0.446. The third-order valence-electron chi connectivity index (χ3n) is 8.27. The molecule has 204 valence electrons. The molecule has 1 unspecified atom stereocenters. The summed E-state index contributed by atoms with van der Waals surface area (Å²) in [7, 11) is 2.17. The van der Waals surface area contributed by atoms with Crippen molar-refractivity contribution in [1.82, 2.24) is 21.1 Å². The maximum Gasteiger partial charge on any atom is 0.252 e. The first-order valence-electron chi connectivity index (χ1n) is 13.9. The predicted molar refractivity (Wildman–Crippen MR) is 153 cm³/mol. The summed E-state index contributed by atoms with van der Waals surface area (Å²) < 4.78 is 15.3.